The smallest absolute Gasteiger partial charge is 0.0409 e. The van der Waals surface area contributed by atoms with E-state index in [1.54, 1.807) is 0 Å². The fourth-order valence-electron chi connectivity index (χ4n) is 2.03. The summed E-state index contributed by atoms with van der Waals surface area (Å²) in [4.78, 5) is 0. The summed E-state index contributed by atoms with van der Waals surface area (Å²) in [5.74, 6) is 0. The zero-order valence-corrected chi connectivity index (χ0v) is 10.9. The monoisotopic (exact) mass is 245 g/mol. The summed E-state index contributed by atoms with van der Waals surface area (Å²) in [5, 5.41) is 0.775. The van der Waals surface area contributed by atoms with E-state index in [4.69, 9.17) is 17.3 Å². The molecule has 2 N–H and O–H groups in total. The van der Waals surface area contributed by atoms with Crippen LogP contribution < -0.4 is 5.73 Å². The van der Waals surface area contributed by atoms with Crippen LogP contribution in [0.15, 0.2) is 36.4 Å². The molecular formula is C15H16ClN. The second-order valence-electron chi connectivity index (χ2n) is 4.23. The van der Waals surface area contributed by atoms with Gasteiger partial charge in [-0.3, -0.25) is 0 Å². The van der Waals surface area contributed by atoms with Gasteiger partial charge in [-0.2, -0.15) is 0 Å². The first kappa shape index (κ1) is 12.0. The van der Waals surface area contributed by atoms with Crippen molar-refractivity contribution in [2.45, 2.75) is 20.3 Å². The Labute approximate surface area is 107 Å². The Morgan fingerprint density at radius 3 is 2.53 bits per heavy atom. The maximum absolute atomic E-state index is 5.97. The molecule has 2 aromatic carbocycles. The molecule has 0 aromatic heterocycles. The molecule has 0 saturated carbocycles. The maximum atomic E-state index is 5.97. The van der Waals surface area contributed by atoms with E-state index >= 15 is 0 Å². The molecule has 0 aliphatic rings. The molecule has 2 aromatic rings. The van der Waals surface area contributed by atoms with Crippen LogP contribution in [0.4, 0.5) is 5.69 Å². The molecule has 0 fully saturated rings. The Morgan fingerprint density at radius 1 is 1.12 bits per heavy atom. The molecule has 17 heavy (non-hydrogen) atoms. The van der Waals surface area contributed by atoms with Gasteiger partial charge in [-0.1, -0.05) is 30.7 Å². The van der Waals surface area contributed by atoms with E-state index in [0.717, 1.165) is 17.1 Å². The summed E-state index contributed by atoms with van der Waals surface area (Å²) in [6.07, 6.45) is 0.951. The lowest BCUT2D eigenvalue weighted by Gasteiger charge is -2.10. The van der Waals surface area contributed by atoms with Gasteiger partial charge in [-0.25, -0.2) is 0 Å². The fraction of sp³-hybridized carbons (Fsp3) is 0.200. The largest absolute Gasteiger partial charge is 0.399 e. The van der Waals surface area contributed by atoms with Crippen molar-refractivity contribution in [2.24, 2.45) is 0 Å². The van der Waals surface area contributed by atoms with Crippen molar-refractivity contribution in [1.82, 2.24) is 0 Å². The highest BCUT2D eigenvalue weighted by Crippen LogP contribution is 2.28. The van der Waals surface area contributed by atoms with E-state index in [0.29, 0.717) is 0 Å². The van der Waals surface area contributed by atoms with Crippen molar-refractivity contribution in [1.29, 1.82) is 0 Å². The second kappa shape index (κ2) is 4.80. The van der Waals surface area contributed by atoms with Gasteiger partial charge in [-0.05, 0) is 59.9 Å². The number of benzene rings is 2. The number of hydrogen-bond donors (Lipinski definition) is 1. The average Bonchev–Trinajstić information content (AvgIpc) is 2.30. The van der Waals surface area contributed by atoms with E-state index in [9.17, 15) is 0 Å². The van der Waals surface area contributed by atoms with E-state index in [2.05, 4.69) is 32.0 Å². The molecule has 0 unspecified atom stereocenters. The lowest BCUT2D eigenvalue weighted by Crippen LogP contribution is -1.93. The first-order valence-corrected chi connectivity index (χ1v) is 6.14. The molecule has 0 heterocycles. The highest BCUT2D eigenvalue weighted by molar-refractivity contribution is 6.30. The number of rotatable bonds is 2. The molecular weight excluding hydrogens is 230 g/mol. The molecule has 0 aliphatic carbocycles. The predicted octanol–water partition coefficient (Wildman–Crippen LogP) is 4.46. The van der Waals surface area contributed by atoms with Crippen molar-refractivity contribution >= 4 is 17.3 Å². The van der Waals surface area contributed by atoms with Crippen LogP contribution in [0.2, 0.25) is 5.02 Å². The third kappa shape index (κ3) is 2.45. The number of anilines is 1. The topological polar surface area (TPSA) is 26.0 Å². The SMILES string of the molecule is CCc1cc(-c2ccc(Cl)cc2C)ccc1N. The van der Waals surface area contributed by atoms with Gasteiger partial charge < -0.3 is 5.73 Å². The molecule has 0 spiro atoms. The third-order valence-electron chi connectivity index (χ3n) is 3.02. The van der Waals surface area contributed by atoms with Crippen LogP contribution in [-0.4, -0.2) is 0 Å². The van der Waals surface area contributed by atoms with Gasteiger partial charge in [0.2, 0.25) is 0 Å². The summed E-state index contributed by atoms with van der Waals surface area (Å²) < 4.78 is 0. The average molecular weight is 246 g/mol. The van der Waals surface area contributed by atoms with Gasteiger partial charge in [0.05, 0.1) is 0 Å². The van der Waals surface area contributed by atoms with Gasteiger partial charge in [0.1, 0.15) is 0 Å². The van der Waals surface area contributed by atoms with Crippen LogP contribution in [0, 0.1) is 6.92 Å². The van der Waals surface area contributed by atoms with Crippen LogP contribution in [0.3, 0.4) is 0 Å². The van der Waals surface area contributed by atoms with Crippen LogP contribution in [0.1, 0.15) is 18.1 Å². The molecule has 2 rings (SSSR count). The Morgan fingerprint density at radius 2 is 1.88 bits per heavy atom. The first-order chi connectivity index (χ1) is 8.11. The second-order valence-corrected chi connectivity index (χ2v) is 4.66. The zero-order valence-electron chi connectivity index (χ0n) is 10.1. The lowest BCUT2D eigenvalue weighted by molar-refractivity contribution is 1.14. The molecule has 88 valence electrons. The summed E-state index contributed by atoms with van der Waals surface area (Å²) in [6, 6.07) is 12.2. The Hall–Kier alpha value is -1.47. The van der Waals surface area contributed by atoms with Crippen molar-refractivity contribution < 1.29 is 0 Å². The number of halogens is 1. The number of aryl methyl sites for hydroxylation is 2. The molecule has 0 amide bonds. The summed E-state index contributed by atoms with van der Waals surface area (Å²) in [7, 11) is 0. The van der Waals surface area contributed by atoms with Crippen LogP contribution >= 0.6 is 11.6 Å². The van der Waals surface area contributed by atoms with Crippen molar-refractivity contribution in [3.63, 3.8) is 0 Å². The Balaban J connectivity index is 2.53. The van der Waals surface area contributed by atoms with Gasteiger partial charge in [0.25, 0.3) is 0 Å². The lowest BCUT2D eigenvalue weighted by atomic mass is 9.97. The quantitative estimate of drug-likeness (QED) is 0.777. The highest BCUT2D eigenvalue weighted by atomic mass is 35.5. The summed E-state index contributed by atoms with van der Waals surface area (Å²) in [6.45, 7) is 4.19. The summed E-state index contributed by atoms with van der Waals surface area (Å²) in [5.41, 5.74) is 11.6. The molecule has 2 heteroatoms. The van der Waals surface area contributed by atoms with E-state index in [-0.39, 0.29) is 0 Å². The Kier molecular flexibility index (Phi) is 3.39. The van der Waals surface area contributed by atoms with Crippen LogP contribution in [0.25, 0.3) is 11.1 Å². The molecule has 0 aliphatic heterocycles. The molecule has 1 nitrogen and oxygen atoms in total. The molecule has 0 saturated heterocycles. The molecule has 0 radical (unpaired) electrons. The minimum Gasteiger partial charge on any atom is -0.399 e. The predicted molar refractivity (Wildman–Crippen MR) is 75.4 cm³/mol. The molecule has 0 atom stereocenters. The van der Waals surface area contributed by atoms with E-state index < -0.39 is 0 Å². The van der Waals surface area contributed by atoms with E-state index in [1.807, 2.05) is 18.2 Å². The van der Waals surface area contributed by atoms with Gasteiger partial charge >= 0.3 is 0 Å². The number of nitrogen functional groups attached to an aromatic ring is 1. The number of hydrogen-bond acceptors (Lipinski definition) is 1. The maximum Gasteiger partial charge on any atom is 0.0409 e. The van der Waals surface area contributed by atoms with Crippen molar-refractivity contribution in [3.05, 3.63) is 52.5 Å². The standard InChI is InChI=1S/C15H16ClN/c1-3-11-9-12(4-7-15(11)17)14-6-5-13(16)8-10(14)2/h4-9H,3,17H2,1-2H3. The first-order valence-electron chi connectivity index (χ1n) is 5.76. The zero-order chi connectivity index (χ0) is 12.4. The van der Waals surface area contributed by atoms with Gasteiger partial charge in [0, 0.05) is 10.7 Å². The summed E-state index contributed by atoms with van der Waals surface area (Å²) >= 11 is 5.97. The minimum absolute atomic E-state index is 0.775. The fourth-order valence-corrected chi connectivity index (χ4v) is 2.26. The van der Waals surface area contributed by atoms with Gasteiger partial charge in [-0.15, -0.1) is 0 Å². The highest BCUT2D eigenvalue weighted by Gasteiger charge is 2.05. The van der Waals surface area contributed by atoms with Gasteiger partial charge in [0.15, 0.2) is 0 Å². The molecule has 0 bridgehead atoms. The van der Waals surface area contributed by atoms with E-state index in [1.165, 1.54) is 22.3 Å². The van der Waals surface area contributed by atoms with Crippen LogP contribution in [0.5, 0.6) is 0 Å². The third-order valence-corrected chi connectivity index (χ3v) is 3.26. The Bertz CT molecular complexity index is 547. The van der Waals surface area contributed by atoms with Crippen molar-refractivity contribution in [2.75, 3.05) is 5.73 Å². The normalized spacial score (nSPS) is 10.5. The van der Waals surface area contributed by atoms with Crippen molar-refractivity contribution in [3.8, 4) is 11.1 Å². The minimum atomic E-state index is 0.775. The van der Waals surface area contributed by atoms with Crippen LogP contribution in [-0.2, 0) is 6.42 Å². The number of nitrogens with two attached hydrogens (primary N) is 1.